The summed E-state index contributed by atoms with van der Waals surface area (Å²) in [7, 11) is 0. The number of hydrogen-bond donors (Lipinski definition) is 1. The van der Waals surface area contributed by atoms with Gasteiger partial charge >= 0.3 is 0 Å². The highest BCUT2D eigenvalue weighted by atomic mass is 15.1. The van der Waals surface area contributed by atoms with Gasteiger partial charge in [0.05, 0.1) is 0 Å². The molecule has 1 unspecified atom stereocenters. The Hall–Kier alpha value is -1.02. The first kappa shape index (κ1) is 15.4. The minimum absolute atomic E-state index is 0.446. The van der Waals surface area contributed by atoms with Crippen molar-refractivity contribution in [1.29, 1.82) is 0 Å². The Kier molecular flexibility index (Phi) is 5.09. The summed E-state index contributed by atoms with van der Waals surface area (Å²) in [6.45, 7) is 12.7. The average Bonchev–Trinajstić information content (AvgIpc) is 2.44. The predicted molar refractivity (Wildman–Crippen MR) is 88.4 cm³/mol. The van der Waals surface area contributed by atoms with Gasteiger partial charge in [-0.3, -0.25) is 0 Å². The first-order valence-electron chi connectivity index (χ1n) is 8.10. The summed E-state index contributed by atoms with van der Waals surface area (Å²) >= 11 is 0. The van der Waals surface area contributed by atoms with Crippen LogP contribution in [0.2, 0.25) is 0 Å². The van der Waals surface area contributed by atoms with Gasteiger partial charge in [0.25, 0.3) is 0 Å². The molecule has 112 valence electrons. The number of rotatable bonds is 5. The lowest BCUT2D eigenvalue weighted by atomic mass is 9.84. The second-order valence-corrected chi connectivity index (χ2v) is 6.96. The minimum Gasteiger partial charge on any atom is -0.371 e. The van der Waals surface area contributed by atoms with E-state index < -0.39 is 0 Å². The Morgan fingerprint density at radius 3 is 2.55 bits per heavy atom. The fourth-order valence-corrected chi connectivity index (χ4v) is 3.10. The summed E-state index contributed by atoms with van der Waals surface area (Å²) in [6.07, 6.45) is 3.84. The summed E-state index contributed by atoms with van der Waals surface area (Å²) in [6, 6.07) is 9.60. The largest absolute Gasteiger partial charge is 0.371 e. The second-order valence-electron chi connectivity index (χ2n) is 6.96. The van der Waals surface area contributed by atoms with Crippen LogP contribution in [-0.4, -0.2) is 19.6 Å². The van der Waals surface area contributed by atoms with Crippen molar-refractivity contribution in [3.63, 3.8) is 0 Å². The van der Waals surface area contributed by atoms with Gasteiger partial charge < -0.3 is 10.2 Å². The standard InChI is InChI=1S/C18H30N2/c1-5-12-19-15(2)16-7-9-17(10-8-16)20-13-6-11-18(3,4)14-20/h7-10,15,19H,5-6,11-14H2,1-4H3. The molecule has 0 aromatic heterocycles. The fourth-order valence-electron chi connectivity index (χ4n) is 3.10. The van der Waals surface area contributed by atoms with Crippen LogP contribution in [-0.2, 0) is 0 Å². The Labute approximate surface area is 124 Å². The van der Waals surface area contributed by atoms with E-state index in [-0.39, 0.29) is 0 Å². The van der Waals surface area contributed by atoms with Crippen LogP contribution in [0, 0.1) is 5.41 Å². The molecule has 1 N–H and O–H groups in total. The molecular formula is C18H30N2. The molecule has 1 atom stereocenters. The van der Waals surface area contributed by atoms with Crippen LogP contribution in [0.15, 0.2) is 24.3 Å². The van der Waals surface area contributed by atoms with Crippen molar-refractivity contribution in [2.75, 3.05) is 24.5 Å². The maximum absolute atomic E-state index is 3.55. The van der Waals surface area contributed by atoms with E-state index in [1.807, 2.05) is 0 Å². The summed E-state index contributed by atoms with van der Waals surface area (Å²) in [5.41, 5.74) is 3.22. The maximum atomic E-state index is 3.55. The topological polar surface area (TPSA) is 15.3 Å². The maximum Gasteiger partial charge on any atom is 0.0366 e. The lowest BCUT2D eigenvalue weighted by molar-refractivity contribution is 0.293. The highest BCUT2D eigenvalue weighted by molar-refractivity contribution is 5.48. The van der Waals surface area contributed by atoms with Gasteiger partial charge in [0.2, 0.25) is 0 Å². The molecule has 1 fully saturated rings. The quantitative estimate of drug-likeness (QED) is 0.857. The van der Waals surface area contributed by atoms with Crippen LogP contribution in [0.1, 0.15) is 58.6 Å². The first-order valence-corrected chi connectivity index (χ1v) is 8.10. The molecular weight excluding hydrogens is 244 g/mol. The monoisotopic (exact) mass is 274 g/mol. The molecule has 1 aliphatic heterocycles. The highest BCUT2D eigenvalue weighted by Crippen LogP contribution is 2.31. The number of nitrogens with zero attached hydrogens (tertiary/aromatic N) is 1. The van der Waals surface area contributed by atoms with Crippen molar-refractivity contribution in [2.45, 2.75) is 53.0 Å². The van der Waals surface area contributed by atoms with Crippen LogP contribution in [0.4, 0.5) is 5.69 Å². The second kappa shape index (κ2) is 6.62. The van der Waals surface area contributed by atoms with Gasteiger partial charge in [-0.05, 0) is 55.8 Å². The van der Waals surface area contributed by atoms with Gasteiger partial charge in [0.15, 0.2) is 0 Å². The molecule has 1 heterocycles. The molecule has 0 bridgehead atoms. The van der Waals surface area contributed by atoms with Gasteiger partial charge in [-0.1, -0.05) is 32.9 Å². The molecule has 0 spiro atoms. The van der Waals surface area contributed by atoms with Crippen LogP contribution >= 0.6 is 0 Å². The van der Waals surface area contributed by atoms with E-state index in [9.17, 15) is 0 Å². The van der Waals surface area contributed by atoms with E-state index in [1.165, 1.54) is 43.6 Å². The number of hydrogen-bond acceptors (Lipinski definition) is 2. The van der Waals surface area contributed by atoms with Gasteiger partial charge in [0, 0.05) is 24.8 Å². The summed E-state index contributed by atoms with van der Waals surface area (Å²) in [5.74, 6) is 0. The van der Waals surface area contributed by atoms with Gasteiger partial charge in [-0.2, -0.15) is 0 Å². The molecule has 1 saturated heterocycles. The van der Waals surface area contributed by atoms with E-state index in [4.69, 9.17) is 0 Å². The molecule has 2 heteroatoms. The van der Waals surface area contributed by atoms with E-state index in [1.54, 1.807) is 0 Å². The number of anilines is 1. The predicted octanol–water partition coefficient (Wildman–Crippen LogP) is 4.37. The first-order chi connectivity index (χ1) is 9.52. The van der Waals surface area contributed by atoms with E-state index in [0.717, 1.165) is 6.54 Å². The molecule has 1 aliphatic rings. The van der Waals surface area contributed by atoms with Crippen molar-refractivity contribution >= 4 is 5.69 Å². The van der Waals surface area contributed by atoms with Crippen molar-refractivity contribution in [1.82, 2.24) is 5.32 Å². The van der Waals surface area contributed by atoms with Crippen molar-refractivity contribution < 1.29 is 0 Å². The van der Waals surface area contributed by atoms with Gasteiger partial charge in [-0.25, -0.2) is 0 Å². The van der Waals surface area contributed by atoms with Gasteiger partial charge in [-0.15, -0.1) is 0 Å². The number of piperidine rings is 1. The molecule has 0 radical (unpaired) electrons. The molecule has 1 aromatic rings. The smallest absolute Gasteiger partial charge is 0.0366 e. The number of nitrogens with one attached hydrogen (secondary N) is 1. The van der Waals surface area contributed by atoms with Crippen LogP contribution in [0.25, 0.3) is 0 Å². The molecule has 2 nitrogen and oxygen atoms in total. The van der Waals surface area contributed by atoms with Crippen LogP contribution < -0.4 is 10.2 Å². The van der Waals surface area contributed by atoms with E-state index in [2.05, 4.69) is 62.2 Å². The zero-order valence-electron chi connectivity index (χ0n) is 13.6. The molecule has 0 amide bonds. The fraction of sp³-hybridized carbons (Fsp3) is 0.667. The highest BCUT2D eigenvalue weighted by Gasteiger charge is 2.26. The zero-order valence-corrected chi connectivity index (χ0v) is 13.6. The van der Waals surface area contributed by atoms with Crippen LogP contribution in [0.5, 0.6) is 0 Å². The van der Waals surface area contributed by atoms with Crippen molar-refractivity contribution in [3.8, 4) is 0 Å². The third-order valence-corrected chi connectivity index (χ3v) is 4.36. The number of benzene rings is 1. The molecule has 0 saturated carbocycles. The Balaban J connectivity index is 2.00. The van der Waals surface area contributed by atoms with E-state index in [0.29, 0.717) is 11.5 Å². The Bertz CT molecular complexity index is 408. The minimum atomic E-state index is 0.446. The Morgan fingerprint density at radius 2 is 1.95 bits per heavy atom. The summed E-state index contributed by atoms with van der Waals surface area (Å²) < 4.78 is 0. The van der Waals surface area contributed by atoms with Crippen molar-refractivity contribution in [3.05, 3.63) is 29.8 Å². The summed E-state index contributed by atoms with van der Waals surface area (Å²) in [5, 5.41) is 3.55. The van der Waals surface area contributed by atoms with Crippen molar-refractivity contribution in [2.24, 2.45) is 5.41 Å². The lowest BCUT2D eigenvalue weighted by Crippen LogP contribution is -2.40. The average molecular weight is 274 g/mol. The van der Waals surface area contributed by atoms with Gasteiger partial charge in [0.1, 0.15) is 0 Å². The normalized spacial score (nSPS) is 19.9. The third kappa shape index (κ3) is 3.99. The molecule has 2 rings (SSSR count). The summed E-state index contributed by atoms with van der Waals surface area (Å²) in [4.78, 5) is 2.54. The molecule has 1 aromatic carbocycles. The molecule has 0 aliphatic carbocycles. The van der Waals surface area contributed by atoms with E-state index >= 15 is 0 Å². The zero-order chi connectivity index (χ0) is 14.6. The molecule has 20 heavy (non-hydrogen) atoms. The lowest BCUT2D eigenvalue weighted by Gasteiger charge is -2.39. The third-order valence-electron chi connectivity index (χ3n) is 4.36. The van der Waals surface area contributed by atoms with Crippen LogP contribution in [0.3, 0.4) is 0 Å². The Morgan fingerprint density at radius 1 is 1.25 bits per heavy atom. The SMILES string of the molecule is CCCNC(C)c1ccc(N2CCCC(C)(C)C2)cc1.